The first-order chi connectivity index (χ1) is 10.6. The zero-order valence-corrected chi connectivity index (χ0v) is 13.5. The van der Waals surface area contributed by atoms with Crippen molar-refractivity contribution in [3.63, 3.8) is 0 Å². The number of carbonyl (C=O) groups excluding carboxylic acids is 1. The first-order valence-electron chi connectivity index (χ1n) is 7.41. The van der Waals surface area contributed by atoms with Gasteiger partial charge in [-0.1, -0.05) is 48.0 Å². The van der Waals surface area contributed by atoms with Crippen LogP contribution in [0.4, 0.5) is 0 Å². The second-order valence-electron chi connectivity index (χ2n) is 5.26. The lowest BCUT2D eigenvalue weighted by atomic mass is 10.1. The minimum atomic E-state index is 0.0133. The van der Waals surface area contributed by atoms with E-state index >= 15 is 0 Å². The van der Waals surface area contributed by atoms with Gasteiger partial charge in [0.15, 0.2) is 0 Å². The minimum Gasteiger partial charge on any atom is -0.351 e. The summed E-state index contributed by atoms with van der Waals surface area (Å²) >= 11 is 5.84. The highest BCUT2D eigenvalue weighted by Crippen LogP contribution is 2.09. The summed E-state index contributed by atoms with van der Waals surface area (Å²) < 4.78 is 0. The van der Waals surface area contributed by atoms with Crippen LogP contribution in [0.1, 0.15) is 16.7 Å². The molecule has 2 aromatic rings. The van der Waals surface area contributed by atoms with E-state index < -0.39 is 0 Å². The van der Waals surface area contributed by atoms with Crippen molar-refractivity contribution in [1.82, 2.24) is 10.6 Å². The number of hydrogen-bond acceptors (Lipinski definition) is 2. The third-order valence-electron chi connectivity index (χ3n) is 3.53. The summed E-state index contributed by atoms with van der Waals surface area (Å²) in [6.07, 6.45) is 0.877. The summed E-state index contributed by atoms with van der Waals surface area (Å²) in [6, 6.07) is 15.8. The molecule has 0 bridgehead atoms. The Morgan fingerprint density at radius 1 is 1.09 bits per heavy atom. The van der Waals surface area contributed by atoms with Crippen molar-refractivity contribution in [2.75, 3.05) is 13.1 Å². The van der Waals surface area contributed by atoms with Gasteiger partial charge in [-0.3, -0.25) is 4.79 Å². The first-order valence-corrected chi connectivity index (χ1v) is 7.79. The molecule has 3 nitrogen and oxygen atoms in total. The smallest absolute Gasteiger partial charge is 0.234 e. The molecule has 0 atom stereocenters. The Morgan fingerprint density at radius 3 is 2.55 bits per heavy atom. The molecule has 0 saturated heterocycles. The van der Waals surface area contributed by atoms with Crippen LogP contribution in [0, 0.1) is 6.92 Å². The molecule has 2 rings (SSSR count). The third kappa shape index (κ3) is 5.51. The Bertz CT molecular complexity index is 611. The second-order valence-corrected chi connectivity index (χ2v) is 5.69. The van der Waals surface area contributed by atoms with Gasteiger partial charge >= 0.3 is 0 Å². The van der Waals surface area contributed by atoms with Gasteiger partial charge in [-0.15, -0.1) is 0 Å². The summed E-state index contributed by atoms with van der Waals surface area (Å²) in [5.74, 6) is 0.0133. The molecule has 4 heteroatoms. The first kappa shape index (κ1) is 16.5. The Labute approximate surface area is 136 Å². The Morgan fingerprint density at radius 2 is 1.82 bits per heavy atom. The second kappa shape index (κ2) is 8.57. The van der Waals surface area contributed by atoms with Crippen LogP contribution in [0.5, 0.6) is 0 Å². The maximum Gasteiger partial charge on any atom is 0.234 e. The highest BCUT2D eigenvalue weighted by molar-refractivity contribution is 6.30. The molecule has 0 aliphatic heterocycles. The van der Waals surface area contributed by atoms with Crippen molar-refractivity contribution in [2.45, 2.75) is 19.9 Å². The molecular formula is C18H21ClN2O. The Kier molecular flexibility index (Phi) is 6.44. The van der Waals surface area contributed by atoms with Crippen LogP contribution in [-0.4, -0.2) is 19.0 Å². The predicted molar refractivity (Wildman–Crippen MR) is 91.1 cm³/mol. The summed E-state index contributed by atoms with van der Waals surface area (Å²) in [7, 11) is 0. The maximum atomic E-state index is 11.8. The van der Waals surface area contributed by atoms with Crippen LogP contribution in [-0.2, 0) is 17.8 Å². The lowest BCUT2D eigenvalue weighted by Crippen LogP contribution is -2.34. The van der Waals surface area contributed by atoms with Crippen molar-refractivity contribution in [3.05, 3.63) is 70.2 Å². The number of nitrogens with one attached hydrogen (secondary N) is 2. The molecule has 0 aliphatic carbocycles. The molecule has 0 saturated carbocycles. The van der Waals surface area contributed by atoms with E-state index in [1.807, 2.05) is 55.5 Å². The normalized spacial score (nSPS) is 10.5. The molecule has 22 heavy (non-hydrogen) atoms. The molecule has 0 aromatic heterocycles. The van der Waals surface area contributed by atoms with E-state index in [-0.39, 0.29) is 5.91 Å². The molecule has 1 amide bonds. The van der Waals surface area contributed by atoms with Crippen LogP contribution >= 0.6 is 11.6 Å². The van der Waals surface area contributed by atoms with Crippen molar-refractivity contribution < 1.29 is 4.79 Å². The van der Waals surface area contributed by atoms with Gasteiger partial charge in [0.05, 0.1) is 6.54 Å². The van der Waals surface area contributed by atoms with E-state index in [4.69, 9.17) is 11.6 Å². The highest BCUT2D eigenvalue weighted by Gasteiger charge is 2.02. The van der Waals surface area contributed by atoms with Crippen molar-refractivity contribution in [3.8, 4) is 0 Å². The maximum absolute atomic E-state index is 11.8. The number of halogens is 1. The highest BCUT2D eigenvalue weighted by atomic mass is 35.5. The SMILES string of the molecule is Cc1ccccc1CNC(=O)CNCCc1ccc(Cl)cc1. The largest absolute Gasteiger partial charge is 0.351 e. The van der Waals surface area contributed by atoms with E-state index in [1.165, 1.54) is 11.1 Å². The van der Waals surface area contributed by atoms with E-state index in [1.54, 1.807) is 0 Å². The number of carbonyl (C=O) groups is 1. The lowest BCUT2D eigenvalue weighted by Gasteiger charge is -2.09. The molecule has 0 spiro atoms. The fraction of sp³-hybridized carbons (Fsp3) is 0.278. The number of aryl methyl sites for hydroxylation is 1. The van der Waals surface area contributed by atoms with E-state index in [2.05, 4.69) is 10.6 Å². The Balaban J connectivity index is 1.64. The van der Waals surface area contributed by atoms with Crippen LogP contribution in [0.3, 0.4) is 0 Å². The summed E-state index contributed by atoms with van der Waals surface area (Å²) in [5.41, 5.74) is 3.55. The van der Waals surface area contributed by atoms with Crippen LogP contribution in [0.2, 0.25) is 5.02 Å². The molecular weight excluding hydrogens is 296 g/mol. The van der Waals surface area contributed by atoms with E-state index in [9.17, 15) is 4.79 Å². The zero-order chi connectivity index (χ0) is 15.8. The molecule has 2 N–H and O–H groups in total. The van der Waals surface area contributed by atoms with Crippen molar-refractivity contribution >= 4 is 17.5 Å². The molecule has 0 heterocycles. The number of benzene rings is 2. The van der Waals surface area contributed by atoms with Gasteiger partial charge in [0, 0.05) is 11.6 Å². The summed E-state index contributed by atoms with van der Waals surface area (Å²) in [5, 5.41) is 6.82. The average Bonchev–Trinajstić information content (AvgIpc) is 2.52. The van der Waals surface area contributed by atoms with Crippen molar-refractivity contribution in [2.24, 2.45) is 0 Å². The van der Waals surface area contributed by atoms with Crippen LogP contribution < -0.4 is 10.6 Å². The van der Waals surface area contributed by atoms with Gasteiger partial charge in [-0.25, -0.2) is 0 Å². The molecule has 116 valence electrons. The number of rotatable bonds is 7. The standard InChI is InChI=1S/C18H21ClN2O/c1-14-4-2-3-5-16(14)12-21-18(22)13-20-11-10-15-6-8-17(19)9-7-15/h2-9,20H,10-13H2,1H3,(H,21,22). The molecule has 0 fully saturated rings. The Hall–Kier alpha value is -1.84. The van der Waals surface area contributed by atoms with Gasteiger partial charge in [-0.05, 0) is 48.7 Å². The van der Waals surface area contributed by atoms with Gasteiger partial charge < -0.3 is 10.6 Å². The quantitative estimate of drug-likeness (QED) is 0.771. The predicted octanol–water partition coefficient (Wildman–Crippen LogP) is 3.10. The number of amides is 1. The summed E-state index contributed by atoms with van der Waals surface area (Å²) in [6.45, 7) is 3.72. The van der Waals surface area contributed by atoms with Gasteiger partial charge in [0.1, 0.15) is 0 Å². The zero-order valence-electron chi connectivity index (χ0n) is 12.7. The van der Waals surface area contributed by atoms with Crippen LogP contribution in [0.15, 0.2) is 48.5 Å². The lowest BCUT2D eigenvalue weighted by molar-refractivity contribution is -0.120. The van der Waals surface area contributed by atoms with E-state index in [0.29, 0.717) is 13.1 Å². The fourth-order valence-corrected chi connectivity index (χ4v) is 2.28. The van der Waals surface area contributed by atoms with E-state index in [0.717, 1.165) is 23.6 Å². The molecule has 2 aromatic carbocycles. The fourth-order valence-electron chi connectivity index (χ4n) is 2.15. The van der Waals surface area contributed by atoms with Gasteiger partial charge in [-0.2, -0.15) is 0 Å². The topological polar surface area (TPSA) is 41.1 Å². The van der Waals surface area contributed by atoms with Gasteiger partial charge in [0.2, 0.25) is 5.91 Å². The third-order valence-corrected chi connectivity index (χ3v) is 3.78. The minimum absolute atomic E-state index is 0.0133. The molecule has 0 aliphatic rings. The van der Waals surface area contributed by atoms with Crippen LogP contribution in [0.25, 0.3) is 0 Å². The molecule has 0 radical (unpaired) electrons. The monoisotopic (exact) mass is 316 g/mol. The number of hydrogen-bond donors (Lipinski definition) is 2. The van der Waals surface area contributed by atoms with Gasteiger partial charge in [0.25, 0.3) is 0 Å². The summed E-state index contributed by atoms with van der Waals surface area (Å²) in [4.78, 5) is 11.8. The average molecular weight is 317 g/mol. The molecule has 0 unspecified atom stereocenters. The van der Waals surface area contributed by atoms with Crippen molar-refractivity contribution in [1.29, 1.82) is 0 Å².